The van der Waals surface area contributed by atoms with Crippen LogP contribution in [-0.2, 0) is 18.3 Å². The van der Waals surface area contributed by atoms with Crippen LogP contribution in [0, 0.1) is 5.82 Å². The predicted octanol–water partition coefficient (Wildman–Crippen LogP) is 3.80. The van der Waals surface area contributed by atoms with Gasteiger partial charge in [0, 0.05) is 36.9 Å². The van der Waals surface area contributed by atoms with E-state index in [4.69, 9.17) is 0 Å². The molecule has 0 radical (unpaired) electrons. The molecular weight excluding hydrogens is 357 g/mol. The second kappa shape index (κ2) is 7.48. The lowest BCUT2D eigenvalue weighted by Gasteiger charge is -2.08. The molecule has 0 fully saturated rings. The normalized spacial score (nSPS) is 10.8. The van der Waals surface area contributed by atoms with Crippen LogP contribution in [0.5, 0.6) is 0 Å². The molecule has 0 atom stereocenters. The van der Waals surface area contributed by atoms with Gasteiger partial charge in [-0.3, -0.25) is 14.9 Å². The van der Waals surface area contributed by atoms with Crippen molar-refractivity contribution in [1.29, 1.82) is 0 Å². The van der Waals surface area contributed by atoms with Crippen LogP contribution in [0.1, 0.15) is 5.69 Å². The Morgan fingerprint density at radius 2 is 1.86 bits per heavy atom. The molecule has 6 nitrogen and oxygen atoms in total. The number of hydrogen-bond donors (Lipinski definition) is 2. The number of pyridine rings is 1. The van der Waals surface area contributed by atoms with Gasteiger partial charge in [-0.05, 0) is 54.1 Å². The molecule has 1 aromatic carbocycles. The van der Waals surface area contributed by atoms with Crippen molar-refractivity contribution in [2.45, 2.75) is 6.42 Å². The molecule has 28 heavy (non-hydrogen) atoms. The van der Waals surface area contributed by atoms with Gasteiger partial charge in [-0.25, -0.2) is 4.39 Å². The first-order chi connectivity index (χ1) is 13.6. The topological polar surface area (TPSA) is 75.6 Å². The van der Waals surface area contributed by atoms with E-state index < -0.39 is 0 Å². The summed E-state index contributed by atoms with van der Waals surface area (Å²) >= 11 is 0. The van der Waals surface area contributed by atoms with E-state index in [9.17, 15) is 9.18 Å². The Labute approximate surface area is 161 Å². The first kappa shape index (κ1) is 17.7. The Kier molecular flexibility index (Phi) is 4.72. The van der Waals surface area contributed by atoms with Crippen molar-refractivity contribution in [2.75, 3.05) is 5.32 Å². The number of benzene rings is 1. The van der Waals surface area contributed by atoms with Gasteiger partial charge in [-0.15, -0.1) is 0 Å². The SMILES string of the molecule is Cn1cccc1CC(=O)Nc1n[nH]c(-c2ccc(F)cc2)c1-c1ccncc1. The minimum atomic E-state index is -0.315. The fourth-order valence-electron chi connectivity index (χ4n) is 3.08. The number of aryl methyl sites for hydroxylation is 1. The molecule has 0 unspecified atom stereocenters. The van der Waals surface area contributed by atoms with Crippen molar-refractivity contribution < 1.29 is 9.18 Å². The molecule has 0 spiro atoms. The number of amides is 1. The van der Waals surface area contributed by atoms with E-state index in [1.54, 1.807) is 24.5 Å². The molecule has 0 aliphatic rings. The van der Waals surface area contributed by atoms with Gasteiger partial charge in [0.05, 0.1) is 17.7 Å². The summed E-state index contributed by atoms with van der Waals surface area (Å²) in [6.45, 7) is 0. The number of carbonyl (C=O) groups excluding carboxylic acids is 1. The third kappa shape index (κ3) is 3.55. The number of aromatic amines is 1. The highest BCUT2D eigenvalue weighted by atomic mass is 19.1. The summed E-state index contributed by atoms with van der Waals surface area (Å²) in [5.74, 6) is -0.0659. The summed E-state index contributed by atoms with van der Waals surface area (Å²) < 4.78 is 15.2. The van der Waals surface area contributed by atoms with E-state index in [0.29, 0.717) is 11.5 Å². The van der Waals surface area contributed by atoms with Gasteiger partial charge in [0.15, 0.2) is 5.82 Å². The third-order valence-corrected chi connectivity index (χ3v) is 4.52. The summed E-state index contributed by atoms with van der Waals surface area (Å²) in [6.07, 6.45) is 5.48. The maximum Gasteiger partial charge on any atom is 0.231 e. The molecule has 2 N–H and O–H groups in total. The minimum absolute atomic E-state index is 0.172. The number of hydrogen-bond acceptors (Lipinski definition) is 3. The standard InChI is InChI=1S/C21H18FN5O/c1-27-12-2-3-17(27)13-18(28)24-21-19(14-8-10-23-11-9-14)20(25-26-21)15-4-6-16(22)7-5-15/h2-12H,13H2,1H3,(H2,24,25,26,28). The van der Waals surface area contributed by atoms with Gasteiger partial charge >= 0.3 is 0 Å². The van der Waals surface area contributed by atoms with Gasteiger partial charge < -0.3 is 9.88 Å². The average Bonchev–Trinajstić information content (AvgIpc) is 3.29. The van der Waals surface area contributed by atoms with Crippen LogP contribution in [0.3, 0.4) is 0 Å². The van der Waals surface area contributed by atoms with Crippen molar-refractivity contribution in [3.05, 3.63) is 78.6 Å². The molecule has 3 heterocycles. The molecule has 0 saturated heterocycles. The monoisotopic (exact) mass is 375 g/mol. The van der Waals surface area contributed by atoms with E-state index in [2.05, 4.69) is 20.5 Å². The number of rotatable bonds is 5. The number of nitrogens with zero attached hydrogens (tertiary/aromatic N) is 3. The Morgan fingerprint density at radius 3 is 2.54 bits per heavy atom. The smallest absolute Gasteiger partial charge is 0.231 e. The fourth-order valence-corrected chi connectivity index (χ4v) is 3.08. The second-order valence-corrected chi connectivity index (χ2v) is 6.40. The molecule has 1 amide bonds. The van der Waals surface area contributed by atoms with Crippen molar-refractivity contribution in [3.63, 3.8) is 0 Å². The number of anilines is 1. The summed E-state index contributed by atoms with van der Waals surface area (Å²) in [6, 6.07) is 13.6. The van der Waals surface area contributed by atoms with Crippen LogP contribution in [-0.4, -0.2) is 25.7 Å². The van der Waals surface area contributed by atoms with Crippen LogP contribution in [0.15, 0.2) is 67.1 Å². The minimum Gasteiger partial charge on any atom is -0.354 e. The second-order valence-electron chi connectivity index (χ2n) is 6.40. The lowest BCUT2D eigenvalue weighted by Crippen LogP contribution is -2.16. The molecule has 0 saturated carbocycles. The van der Waals surface area contributed by atoms with Crippen molar-refractivity contribution in [2.24, 2.45) is 7.05 Å². The number of H-pyrrole nitrogens is 1. The maximum atomic E-state index is 13.3. The fraction of sp³-hybridized carbons (Fsp3) is 0.0952. The van der Waals surface area contributed by atoms with E-state index in [1.165, 1.54) is 12.1 Å². The Hall–Kier alpha value is -3.74. The molecule has 4 aromatic rings. The number of nitrogens with one attached hydrogen (secondary N) is 2. The molecule has 0 aliphatic heterocycles. The van der Waals surface area contributed by atoms with Crippen molar-refractivity contribution in [1.82, 2.24) is 19.7 Å². The molecule has 3 aromatic heterocycles. The van der Waals surface area contributed by atoms with E-state index in [1.807, 2.05) is 42.1 Å². The zero-order valence-electron chi connectivity index (χ0n) is 15.2. The highest BCUT2D eigenvalue weighted by molar-refractivity contribution is 5.98. The molecule has 0 aliphatic carbocycles. The van der Waals surface area contributed by atoms with E-state index in [0.717, 1.165) is 22.4 Å². The van der Waals surface area contributed by atoms with Crippen LogP contribution in [0.4, 0.5) is 10.2 Å². The highest BCUT2D eigenvalue weighted by Crippen LogP contribution is 2.35. The predicted molar refractivity (Wildman–Crippen MR) is 105 cm³/mol. The third-order valence-electron chi connectivity index (χ3n) is 4.52. The van der Waals surface area contributed by atoms with Crippen molar-refractivity contribution >= 4 is 11.7 Å². The van der Waals surface area contributed by atoms with Gasteiger partial charge in [0.2, 0.25) is 5.91 Å². The lowest BCUT2D eigenvalue weighted by atomic mass is 10.0. The van der Waals surface area contributed by atoms with E-state index in [-0.39, 0.29) is 18.1 Å². The highest BCUT2D eigenvalue weighted by Gasteiger charge is 2.19. The first-order valence-electron chi connectivity index (χ1n) is 8.76. The van der Waals surface area contributed by atoms with Crippen LogP contribution < -0.4 is 5.32 Å². The Bertz CT molecular complexity index is 1100. The van der Waals surface area contributed by atoms with E-state index >= 15 is 0 Å². The Morgan fingerprint density at radius 1 is 1.11 bits per heavy atom. The number of halogens is 1. The first-order valence-corrected chi connectivity index (χ1v) is 8.76. The average molecular weight is 375 g/mol. The van der Waals surface area contributed by atoms with Gasteiger partial charge in [-0.2, -0.15) is 5.10 Å². The molecular formula is C21H18FN5O. The van der Waals surface area contributed by atoms with Crippen molar-refractivity contribution in [3.8, 4) is 22.4 Å². The molecule has 4 rings (SSSR count). The van der Waals surface area contributed by atoms with Crippen LogP contribution in [0.2, 0.25) is 0 Å². The Balaban J connectivity index is 1.70. The number of aromatic nitrogens is 4. The van der Waals surface area contributed by atoms with Gasteiger partial charge in [0.25, 0.3) is 0 Å². The molecule has 140 valence electrons. The number of carbonyl (C=O) groups is 1. The summed E-state index contributed by atoms with van der Waals surface area (Å²) in [4.78, 5) is 16.6. The maximum absolute atomic E-state index is 13.3. The van der Waals surface area contributed by atoms with Crippen LogP contribution >= 0.6 is 0 Å². The molecule has 0 bridgehead atoms. The quantitative estimate of drug-likeness (QED) is 0.557. The summed E-state index contributed by atoms with van der Waals surface area (Å²) in [7, 11) is 1.90. The zero-order valence-corrected chi connectivity index (χ0v) is 15.2. The van der Waals surface area contributed by atoms with Gasteiger partial charge in [0.1, 0.15) is 5.82 Å². The zero-order chi connectivity index (χ0) is 19.5. The molecule has 7 heteroatoms. The lowest BCUT2D eigenvalue weighted by molar-refractivity contribution is -0.115. The largest absolute Gasteiger partial charge is 0.354 e. The van der Waals surface area contributed by atoms with Crippen LogP contribution in [0.25, 0.3) is 22.4 Å². The van der Waals surface area contributed by atoms with Gasteiger partial charge in [-0.1, -0.05) is 0 Å². The summed E-state index contributed by atoms with van der Waals surface area (Å²) in [5.41, 5.74) is 3.94. The summed E-state index contributed by atoms with van der Waals surface area (Å²) in [5, 5.41) is 10.2.